The van der Waals surface area contributed by atoms with Crippen molar-refractivity contribution in [3.8, 4) is 0 Å². The van der Waals surface area contributed by atoms with E-state index in [2.05, 4.69) is 20.8 Å². The van der Waals surface area contributed by atoms with Gasteiger partial charge in [-0.05, 0) is 83.6 Å². The zero-order chi connectivity index (χ0) is 15.3. The molecule has 0 aromatic heterocycles. The highest BCUT2D eigenvalue weighted by molar-refractivity contribution is 4.77. The molecule has 2 saturated carbocycles. The number of nitrogens with two attached hydrogens (primary N) is 1. The van der Waals surface area contributed by atoms with E-state index in [0.29, 0.717) is 18.1 Å². The van der Waals surface area contributed by atoms with E-state index in [4.69, 9.17) is 15.2 Å². The Labute approximate surface area is 130 Å². The van der Waals surface area contributed by atoms with Crippen molar-refractivity contribution in [2.75, 3.05) is 6.54 Å². The lowest BCUT2D eigenvalue weighted by atomic mass is 9.86. The molecule has 0 aliphatic heterocycles. The second kappa shape index (κ2) is 7.94. The van der Waals surface area contributed by atoms with Crippen LogP contribution in [0.2, 0.25) is 0 Å². The van der Waals surface area contributed by atoms with Crippen LogP contribution in [0, 0.1) is 11.8 Å². The molecule has 3 heteroatoms. The van der Waals surface area contributed by atoms with Gasteiger partial charge in [-0.3, -0.25) is 0 Å². The third kappa shape index (κ3) is 5.54. The minimum Gasteiger partial charge on any atom is -0.347 e. The fourth-order valence-electron chi connectivity index (χ4n) is 3.97. The maximum atomic E-state index is 6.28. The summed E-state index contributed by atoms with van der Waals surface area (Å²) < 4.78 is 12.5. The number of hydrogen-bond acceptors (Lipinski definition) is 3. The summed E-state index contributed by atoms with van der Waals surface area (Å²) in [7, 11) is 0. The van der Waals surface area contributed by atoms with Gasteiger partial charge in [0.1, 0.15) is 0 Å². The van der Waals surface area contributed by atoms with Gasteiger partial charge in [0, 0.05) is 0 Å². The Morgan fingerprint density at radius 2 is 1.24 bits per heavy atom. The summed E-state index contributed by atoms with van der Waals surface area (Å²) >= 11 is 0. The second-order valence-corrected chi connectivity index (χ2v) is 7.56. The van der Waals surface area contributed by atoms with Crippen molar-refractivity contribution in [1.82, 2.24) is 0 Å². The van der Waals surface area contributed by atoms with E-state index >= 15 is 0 Å². The van der Waals surface area contributed by atoms with Crippen LogP contribution < -0.4 is 5.73 Å². The standard InChI is InChI=1S/C18H35NO2/c1-4-14-5-9-16(10-6-14)20-18(2,3)21-17-11-7-15(13-19)8-12-17/h14-17H,4-13,19H2,1-3H3. The van der Waals surface area contributed by atoms with Crippen LogP contribution in [0.4, 0.5) is 0 Å². The molecule has 2 N–H and O–H groups in total. The fourth-order valence-corrected chi connectivity index (χ4v) is 3.97. The minimum absolute atomic E-state index is 0.356. The van der Waals surface area contributed by atoms with Crippen LogP contribution in [0.5, 0.6) is 0 Å². The lowest BCUT2D eigenvalue weighted by Gasteiger charge is -2.38. The van der Waals surface area contributed by atoms with Crippen LogP contribution in [0.15, 0.2) is 0 Å². The van der Waals surface area contributed by atoms with Crippen molar-refractivity contribution in [2.45, 2.75) is 96.6 Å². The number of hydrogen-bond donors (Lipinski definition) is 1. The molecule has 0 amide bonds. The molecule has 0 atom stereocenters. The molecule has 124 valence electrons. The monoisotopic (exact) mass is 297 g/mol. The smallest absolute Gasteiger partial charge is 0.163 e. The largest absolute Gasteiger partial charge is 0.347 e. The van der Waals surface area contributed by atoms with Crippen LogP contribution in [0.25, 0.3) is 0 Å². The molecule has 2 aliphatic rings. The molecule has 2 aliphatic carbocycles. The van der Waals surface area contributed by atoms with E-state index < -0.39 is 5.79 Å². The first-order valence-corrected chi connectivity index (χ1v) is 9.08. The highest BCUT2D eigenvalue weighted by Gasteiger charge is 2.31. The van der Waals surface area contributed by atoms with Crippen LogP contribution in [-0.4, -0.2) is 24.5 Å². The van der Waals surface area contributed by atoms with Crippen molar-refractivity contribution in [3.63, 3.8) is 0 Å². The Balaban J connectivity index is 1.72. The molecule has 0 radical (unpaired) electrons. The molecule has 0 unspecified atom stereocenters. The Kier molecular flexibility index (Phi) is 6.51. The number of rotatable bonds is 6. The van der Waals surface area contributed by atoms with Crippen molar-refractivity contribution in [2.24, 2.45) is 17.6 Å². The molecule has 3 nitrogen and oxygen atoms in total. The summed E-state index contributed by atoms with van der Waals surface area (Å²) in [6.45, 7) is 7.31. The molecule has 0 aromatic rings. The van der Waals surface area contributed by atoms with Gasteiger partial charge in [-0.1, -0.05) is 13.3 Å². The summed E-state index contributed by atoms with van der Waals surface area (Å²) in [6, 6.07) is 0. The lowest BCUT2D eigenvalue weighted by molar-refractivity contribution is -0.266. The summed E-state index contributed by atoms with van der Waals surface area (Å²) in [6.07, 6.45) is 11.8. The first kappa shape index (κ1) is 17.2. The van der Waals surface area contributed by atoms with E-state index in [1.54, 1.807) is 0 Å². The van der Waals surface area contributed by atoms with Gasteiger partial charge in [-0.15, -0.1) is 0 Å². The van der Waals surface area contributed by atoms with Gasteiger partial charge >= 0.3 is 0 Å². The maximum Gasteiger partial charge on any atom is 0.163 e. The normalized spacial score (nSPS) is 34.9. The van der Waals surface area contributed by atoms with Crippen LogP contribution in [-0.2, 0) is 9.47 Å². The van der Waals surface area contributed by atoms with Gasteiger partial charge in [0.25, 0.3) is 0 Å². The molecular formula is C18H35NO2. The first-order chi connectivity index (χ1) is 10.0. The quantitative estimate of drug-likeness (QED) is 0.746. The minimum atomic E-state index is -0.441. The summed E-state index contributed by atoms with van der Waals surface area (Å²) in [5.74, 6) is 1.18. The van der Waals surface area contributed by atoms with E-state index in [1.807, 2.05) is 0 Å². The SMILES string of the molecule is CCC1CCC(OC(C)(C)OC2CCC(CN)CC2)CC1. The summed E-state index contributed by atoms with van der Waals surface area (Å²) in [4.78, 5) is 0. The van der Waals surface area contributed by atoms with Gasteiger partial charge < -0.3 is 15.2 Å². The Bertz CT molecular complexity index is 262. The average molecular weight is 297 g/mol. The van der Waals surface area contributed by atoms with Crippen LogP contribution >= 0.6 is 0 Å². The summed E-state index contributed by atoms with van der Waals surface area (Å²) in [5.41, 5.74) is 5.76. The van der Waals surface area contributed by atoms with Crippen molar-refractivity contribution in [1.29, 1.82) is 0 Å². The van der Waals surface area contributed by atoms with Gasteiger partial charge in [0.2, 0.25) is 0 Å². The predicted octanol–water partition coefficient (Wildman–Crippen LogP) is 4.24. The maximum absolute atomic E-state index is 6.28. The highest BCUT2D eigenvalue weighted by atomic mass is 16.7. The Morgan fingerprint density at radius 3 is 1.62 bits per heavy atom. The first-order valence-electron chi connectivity index (χ1n) is 9.08. The molecule has 2 fully saturated rings. The molecule has 0 saturated heterocycles. The predicted molar refractivity (Wildman–Crippen MR) is 87.1 cm³/mol. The van der Waals surface area contributed by atoms with Gasteiger partial charge in [0.05, 0.1) is 12.2 Å². The number of ether oxygens (including phenoxy) is 2. The molecule has 0 aromatic carbocycles. The lowest BCUT2D eigenvalue weighted by Crippen LogP contribution is -2.40. The van der Waals surface area contributed by atoms with E-state index in [9.17, 15) is 0 Å². The second-order valence-electron chi connectivity index (χ2n) is 7.56. The third-order valence-corrected chi connectivity index (χ3v) is 5.40. The van der Waals surface area contributed by atoms with Crippen LogP contribution in [0.1, 0.15) is 78.6 Å². The fraction of sp³-hybridized carbons (Fsp3) is 1.00. The average Bonchev–Trinajstić information content (AvgIpc) is 2.48. The van der Waals surface area contributed by atoms with Gasteiger partial charge in [-0.2, -0.15) is 0 Å². The van der Waals surface area contributed by atoms with Crippen molar-refractivity contribution >= 4 is 0 Å². The Hall–Kier alpha value is -0.120. The van der Waals surface area contributed by atoms with E-state index in [0.717, 1.165) is 25.3 Å². The summed E-state index contributed by atoms with van der Waals surface area (Å²) in [5, 5.41) is 0. The molecule has 21 heavy (non-hydrogen) atoms. The molecule has 2 rings (SSSR count). The van der Waals surface area contributed by atoms with Crippen LogP contribution in [0.3, 0.4) is 0 Å². The van der Waals surface area contributed by atoms with Crippen molar-refractivity contribution in [3.05, 3.63) is 0 Å². The van der Waals surface area contributed by atoms with Gasteiger partial charge in [0.15, 0.2) is 5.79 Å². The van der Waals surface area contributed by atoms with E-state index in [-0.39, 0.29) is 0 Å². The Morgan fingerprint density at radius 1 is 0.810 bits per heavy atom. The molecule has 0 bridgehead atoms. The van der Waals surface area contributed by atoms with E-state index in [1.165, 1.54) is 44.9 Å². The third-order valence-electron chi connectivity index (χ3n) is 5.40. The molecular weight excluding hydrogens is 262 g/mol. The molecule has 0 spiro atoms. The molecule has 0 heterocycles. The van der Waals surface area contributed by atoms with Gasteiger partial charge in [-0.25, -0.2) is 0 Å². The highest BCUT2D eigenvalue weighted by Crippen LogP contribution is 2.33. The van der Waals surface area contributed by atoms with Crippen molar-refractivity contribution < 1.29 is 9.47 Å². The zero-order valence-electron chi connectivity index (χ0n) is 14.3. The zero-order valence-corrected chi connectivity index (χ0v) is 14.3. The topological polar surface area (TPSA) is 44.5 Å².